The van der Waals surface area contributed by atoms with Gasteiger partial charge in [0.2, 0.25) is 0 Å². The molecular weight excluding hydrogens is 384 g/mol. The lowest BCUT2D eigenvalue weighted by Crippen LogP contribution is -2.54. The van der Waals surface area contributed by atoms with Gasteiger partial charge in [-0.15, -0.1) is 0 Å². The zero-order valence-electron chi connectivity index (χ0n) is 21.1. The zero-order valence-corrected chi connectivity index (χ0v) is 21.1. The second kappa shape index (κ2) is 9.63. The highest BCUT2D eigenvalue weighted by molar-refractivity contribution is 5.09. The Morgan fingerprint density at radius 2 is 1.65 bits per heavy atom. The summed E-state index contributed by atoms with van der Waals surface area (Å²) in [5.74, 6) is 5.27. The predicted octanol–water partition coefficient (Wildman–Crippen LogP) is 6.82. The fraction of sp³-hybridized carbons (Fsp3) is 1.00. The molecule has 0 aromatic rings. The smallest absolute Gasteiger partial charge is 0.154 e. The second-order valence-electron chi connectivity index (χ2n) is 12.3. The van der Waals surface area contributed by atoms with E-state index in [9.17, 15) is 5.11 Å². The van der Waals surface area contributed by atoms with Crippen LogP contribution < -0.4 is 0 Å². The van der Waals surface area contributed by atoms with Crippen LogP contribution in [0.1, 0.15) is 105 Å². The number of aliphatic hydroxyl groups is 1. The van der Waals surface area contributed by atoms with E-state index in [-0.39, 0.29) is 12.4 Å². The molecule has 0 amide bonds. The van der Waals surface area contributed by atoms with Gasteiger partial charge in [0.15, 0.2) is 6.29 Å². The maximum absolute atomic E-state index is 10.3. The quantitative estimate of drug-likeness (QED) is 0.336. The Morgan fingerprint density at radius 1 is 0.903 bits per heavy atom. The van der Waals surface area contributed by atoms with Gasteiger partial charge in [-0.3, -0.25) is 0 Å². The van der Waals surface area contributed by atoms with Crippen LogP contribution in [0.5, 0.6) is 0 Å². The maximum Gasteiger partial charge on any atom is 0.154 e. The Kier molecular flexibility index (Phi) is 7.46. The van der Waals surface area contributed by atoms with Gasteiger partial charge in [0.1, 0.15) is 0 Å². The van der Waals surface area contributed by atoms with Crippen molar-refractivity contribution in [3.63, 3.8) is 0 Å². The molecule has 3 nitrogen and oxygen atoms in total. The SMILES string of the molecule is CCOC(C)OCCCC(C)C1CCC2C3CCC4CC(O)CCC4(C)C3CCC12C. The summed E-state index contributed by atoms with van der Waals surface area (Å²) in [6.07, 6.45) is 14.3. The molecule has 4 aliphatic rings. The fourth-order valence-electron chi connectivity index (χ4n) is 9.35. The van der Waals surface area contributed by atoms with Crippen molar-refractivity contribution in [3.8, 4) is 0 Å². The molecule has 10 atom stereocenters. The number of hydrogen-bond donors (Lipinski definition) is 1. The van der Waals surface area contributed by atoms with Crippen molar-refractivity contribution in [1.82, 2.24) is 0 Å². The van der Waals surface area contributed by atoms with Crippen LogP contribution in [0.25, 0.3) is 0 Å². The number of rotatable bonds is 8. The van der Waals surface area contributed by atoms with E-state index in [1.54, 1.807) is 0 Å². The summed E-state index contributed by atoms with van der Waals surface area (Å²) in [5.41, 5.74) is 1.05. The predicted molar refractivity (Wildman–Crippen MR) is 127 cm³/mol. The van der Waals surface area contributed by atoms with Crippen molar-refractivity contribution in [2.75, 3.05) is 13.2 Å². The molecule has 10 unspecified atom stereocenters. The molecule has 31 heavy (non-hydrogen) atoms. The van der Waals surface area contributed by atoms with E-state index >= 15 is 0 Å². The Balaban J connectivity index is 1.36. The third-order valence-corrected chi connectivity index (χ3v) is 11.0. The Labute approximate surface area is 192 Å². The Bertz CT molecular complexity index is 593. The van der Waals surface area contributed by atoms with Gasteiger partial charge in [0.05, 0.1) is 6.10 Å². The Hall–Kier alpha value is -0.120. The molecule has 0 spiro atoms. The molecule has 0 heterocycles. The molecule has 4 aliphatic carbocycles. The van der Waals surface area contributed by atoms with Gasteiger partial charge >= 0.3 is 0 Å². The van der Waals surface area contributed by atoms with Crippen molar-refractivity contribution >= 4 is 0 Å². The van der Waals surface area contributed by atoms with Gasteiger partial charge in [-0.05, 0) is 131 Å². The largest absolute Gasteiger partial charge is 0.393 e. The lowest BCUT2D eigenvalue weighted by Gasteiger charge is -2.61. The van der Waals surface area contributed by atoms with Crippen LogP contribution >= 0.6 is 0 Å². The Morgan fingerprint density at radius 3 is 2.42 bits per heavy atom. The number of aliphatic hydroxyl groups excluding tert-OH is 1. The molecule has 1 N–H and O–H groups in total. The van der Waals surface area contributed by atoms with Crippen LogP contribution in [-0.4, -0.2) is 30.7 Å². The van der Waals surface area contributed by atoms with Crippen molar-refractivity contribution in [2.24, 2.45) is 46.3 Å². The van der Waals surface area contributed by atoms with E-state index in [0.29, 0.717) is 10.8 Å². The highest BCUT2D eigenvalue weighted by Crippen LogP contribution is 2.68. The average Bonchev–Trinajstić information content (AvgIpc) is 3.09. The van der Waals surface area contributed by atoms with Gasteiger partial charge in [0, 0.05) is 13.2 Å². The molecule has 4 fully saturated rings. The van der Waals surface area contributed by atoms with Crippen LogP contribution in [0, 0.1) is 46.3 Å². The fourth-order valence-corrected chi connectivity index (χ4v) is 9.35. The highest BCUT2D eigenvalue weighted by Gasteiger charge is 2.60. The molecule has 0 aromatic heterocycles. The molecule has 0 bridgehead atoms. The minimum atomic E-state index is -0.0682. The van der Waals surface area contributed by atoms with Gasteiger partial charge < -0.3 is 14.6 Å². The van der Waals surface area contributed by atoms with Crippen molar-refractivity contribution < 1.29 is 14.6 Å². The molecule has 0 aliphatic heterocycles. The molecular formula is C28H50O3. The molecule has 4 saturated carbocycles. The first-order valence-electron chi connectivity index (χ1n) is 13.7. The summed E-state index contributed by atoms with van der Waals surface area (Å²) < 4.78 is 11.3. The average molecular weight is 435 g/mol. The van der Waals surface area contributed by atoms with E-state index in [2.05, 4.69) is 20.8 Å². The number of hydrogen-bond acceptors (Lipinski definition) is 3. The maximum atomic E-state index is 10.3. The summed E-state index contributed by atoms with van der Waals surface area (Å²) in [4.78, 5) is 0. The molecule has 0 aromatic carbocycles. The van der Waals surface area contributed by atoms with Crippen LogP contribution in [-0.2, 0) is 9.47 Å². The molecule has 0 saturated heterocycles. The lowest BCUT2D eigenvalue weighted by atomic mass is 9.44. The summed E-state index contributed by atoms with van der Waals surface area (Å²) in [6, 6.07) is 0. The van der Waals surface area contributed by atoms with E-state index in [4.69, 9.17) is 9.47 Å². The van der Waals surface area contributed by atoms with Crippen LogP contribution in [0.3, 0.4) is 0 Å². The zero-order chi connectivity index (χ0) is 22.2. The molecule has 4 rings (SSSR count). The van der Waals surface area contributed by atoms with E-state index in [1.165, 1.54) is 51.4 Å². The van der Waals surface area contributed by atoms with Crippen molar-refractivity contribution in [1.29, 1.82) is 0 Å². The van der Waals surface area contributed by atoms with E-state index < -0.39 is 0 Å². The number of fused-ring (bicyclic) bond motifs is 5. The monoisotopic (exact) mass is 434 g/mol. The summed E-state index contributed by atoms with van der Waals surface area (Å²) in [7, 11) is 0. The third kappa shape index (κ3) is 4.50. The first-order valence-corrected chi connectivity index (χ1v) is 13.7. The van der Waals surface area contributed by atoms with Crippen molar-refractivity contribution in [3.05, 3.63) is 0 Å². The summed E-state index contributed by atoms with van der Waals surface area (Å²) in [5, 5.41) is 10.3. The molecule has 3 heteroatoms. The molecule has 180 valence electrons. The standard InChI is InChI=1S/C28H50O3/c1-6-30-20(3)31-17-7-8-19(2)24-11-12-25-23-10-9-21-18-22(29)13-15-27(21,4)26(23)14-16-28(24,25)5/h19-26,29H,6-18H2,1-5H3. The van der Waals surface area contributed by atoms with Gasteiger partial charge in [0.25, 0.3) is 0 Å². The topological polar surface area (TPSA) is 38.7 Å². The third-order valence-electron chi connectivity index (χ3n) is 11.0. The van der Waals surface area contributed by atoms with E-state index in [0.717, 1.165) is 68.0 Å². The molecule has 0 radical (unpaired) electrons. The first kappa shape index (κ1) is 24.0. The highest BCUT2D eigenvalue weighted by atomic mass is 16.7. The van der Waals surface area contributed by atoms with Crippen LogP contribution in [0.2, 0.25) is 0 Å². The van der Waals surface area contributed by atoms with Gasteiger partial charge in [-0.25, -0.2) is 0 Å². The minimum Gasteiger partial charge on any atom is -0.393 e. The number of ether oxygens (including phenoxy) is 2. The normalized spacial score (nSPS) is 46.6. The van der Waals surface area contributed by atoms with E-state index in [1.807, 2.05) is 13.8 Å². The van der Waals surface area contributed by atoms with Crippen LogP contribution in [0.4, 0.5) is 0 Å². The van der Waals surface area contributed by atoms with Crippen LogP contribution in [0.15, 0.2) is 0 Å². The summed E-state index contributed by atoms with van der Waals surface area (Å²) >= 11 is 0. The first-order chi connectivity index (χ1) is 14.8. The van der Waals surface area contributed by atoms with Gasteiger partial charge in [-0.1, -0.05) is 20.8 Å². The minimum absolute atomic E-state index is 0.0271. The second-order valence-corrected chi connectivity index (χ2v) is 12.3. The summed E-state index contributed by atoms with van der Waals surface area (Å²) in [6.45, 7) is 13.4. The lowest BCUT2D eigenvalue weighted by molar-refractivity contribution is -0.132. The van der Waals surface area contributed by atoms with Gasteiger partial charge in [-0.2, -0.15) is 0 Å². The van der Waals surface area contributed by atoms with Crippen molar-refractivity contribution in [2.45, 2.75) is 118 Å².